The van der Waals surface area contributed by atoms with Gasteiger partial charge in [0.15, 0.2) is 0 Å². The van der Waals surface area contributed by atoms with Crippen LogP contribution in [0.5, 0.6) is 5.75 Å². The molecule has 2 heterocycles. The molecule has 6 nitrogen and oxygen atoms in total. The second-order valence-corrected chi connectivity index (χ2v) is 6.24. The number of nitrogens with zero attached hydrogens (tertiary/aromatic N) is 2. The molecule has 0 aliphatic carbocycles. The zero-order chi connectivity index (χ0) is 18.0. The number of amides is 1. The van der Waals surface area contributed by atoms with Gasteiger partial charge < -0.3 is 14.8 Å². The summed E-state index contributed by atoms with van der Waals surface area (Å²) in [6.07, 6.45) is 1.32. The maximum Gasteiger partial charge on any atom is 0.221 e. The second kappa shape index (κ2) is 7.26. The summed E-state index contributed by atoms with van der Waals surface area (Å²) >= 11 is 6.42. The van der Waals surface area contributed by atoms with Gasteiger partial charge in [-0.05, 0) is 12.5 Å². The topological polar surface area (TPSA) is 84.2 Å². The Morgan fingerprint density at radius 3 is 2.96 bits per heavy atom. The molecule has 1 fully saturated rings. The number of hydrogen-bond donors (Lipinski definition) is 1. The van der Waals surface area contributed by atoms with Gasteiger partial charge in [-0.15, -0.1) is 0 Å². The number of anilines is 1. The number of nitrogens with one attached hydrogen (secondary N) is 1. The van der Waals surface area contributed by atoms with E-state index in [1.807, 2.05) is 6.92 Å². The molecule has 1 aliphatic heterocycles. The molecule has 130 valence electrons. The molecule has 1 saturated heterocycles. The number of ether oxygens (including phenoxy) is 2. The van der Waals surface area contributed by atoms with Gasteiger partial charge in [-0.1, -0.05) is 18.5 Å². The molecule has 0 unspecified atom stereocenters. The van der Waals surface area contributed by atoms with Gasteiger partial charge in [0.1, 0.15) is 17.9 Å². The quantitative estimate of drug-likeness (QED) is 0.903. The Labute approximate surface area is 150 Å². The van der Waals surface area contributed by atoms with Crippen molar-refractivity contribution in [3.63, 3.8) is 0 Å². The van der Waals surface area contributed by atoms with Crippen molar-refractivity contribution in [2.75, 3.05) is 18.5 Å². The van der Waals surface area contributed by atoms with E-state index in [-0.39, 0.29) is 12.0 Å². The lowest BCUT2D eigenvalue weighted by atomic mass is 10.1. The van der Waals surface area contributed by atoms with Crippen LogP contribution in [-0.2, 0) is 16.0 Å². The highest BCUT2D eigenvalue weighted by Gasteiger charge is 2.21. The van der Waals surface area contributed by atoms with Gasteiger partial charge in [-0.25, -0.2) is 0 Å². The van der Waals surface area contributed by atoms with Crippen molar-refractivity contribution in [2.24, 2.45) is 0 Å². The van der Waals surface area contributed by atoms with Crippen LogP contribution >= 0.6 is 11.6 Å². The van der Waals surface area contributed by atoms with Gasteiger partial charge in [0, 0.05) is 24.8 Å². The van der Waals surface area contributed by atoms with E-state index in [9.17, 15) is 10.1 Å². The van der Waals surface area contributed by atoms with E-state index >= 15 is 0 Å². The van der Waals surface area contributed by atoms with Crippen LogP contribution in [0.3, 0.4) is 0 Å². The average molecular weight is 360 g/mol. The predicted molar refractivity (Wildman–Crippen MR) is 95.0 cm³/mol. The van der Waals surface area contributed by atoms with E-state index in [4.69, 9.17) is 21.1 Å². The van der Waals surface area contributed by atoms with E-state index in [1.54, 1.807) is 12.1 Å². The standard InChI is InChI=1S/C18H18ClN3O3/c1-3-14-13(8-20)18(19)12-6-16(21-10(2)23)17(7-15(12)22-14)25-11-4-5-24-9-11/h6-7,11H,3-5,9H2,1-2H3,(H,21,23)/t11-/m1/s1. The first kappa shape index (κ1) is 17.5. The number of aryl methyl sites for hydroxylation is 1. The monoisotopic (exact) mass is 359 g/mol. The highest BCUT2D eigenvalue weighted by molar-refractivity contribution is 6.36. The smallest absolute Gasteiger partial charge is 0.221 e. The first-order chi connectivity index (χ1) is 12.0. The number of rotatable bonds is 4. The molecule has 1 N–H and O–H groups in total. The summed E-state index contributed by atoms with van der Waals surface area (Å²) in [6.45, 7) is 4.51. The lowest BCUT2D eigenvalue weighted by molar-refractivity contribution is -0.114. The van der Waals surface area contributed by atoms with E-state index in [0.29, 0.717) is 58.3 Å². The number of fused-ring (bicyclic) bond motifs is 1. The van der Waals surface area contributed by atoms with E-state index < -0.39 is 0 Å². The van der Waals surface area contributed by atoms with Crippen LogP contribution < -0.4 is 10.1 Å². The lowest BCUT2D eigenvalue weighted by Crippen LogP contribution is -2.17. The Bertz CT molecular complexity index is 870. The van der Waals surface area contributed by atoms with Crippen molar-refractivity contribution in [2.45, 2.75) is 32.8 Å². The zero-order valence-electron chi connectivity index (χ0n) is 14.1. The molecule has 0 spiro atoms. The van der Waals surface area contributed by atoms with Crippen LogP contribution in [0.15, 0.2) is 12.1 Å². The highest BCUT2D eigenvalue weighted by Crippen LogP contribution is 2.36. The molecule has 2 aromatic rings. The number of halogens is 1. The summed E-state index contributed by atoms with van der Waals surface area (Å²) in [5.41, 5.74) is 2.14. The minimum atomic E-state index is -0.221. The molecule has 1 aromatic carbocycles. The number of pyridine rings is 1. The Balaban J connectivity index is 2.16. The lowest BCUT2D eigenvalue weighted by Gasteiger charge is -2.17. The third-order valence-corrected chi connectivity index (χ3v) is 4.43. The second-order valence-electron chi connectivity index (χ2n) is 5.86. The molecule has 1 atom stereocenters. The van der Waals surface area contributed by atoms with Crippen LogP contribution in [0.1, 0.15) is 31.5 Å². The van der Waals surface area contributed by atoms with Gasteiger partial charge in [-0.2, -0.15) is 5.26 Å². The van der Waals surface area contributed by atoms with Gasteiger partial charge in [0.05, 0.1) is 40.7 Å². The minimum absolute atomic E-state index is 0.0653. The van der Waals surface area contributed by atoms with E-state index in [2.05, 4.69) is 16.4 Å². The van der Waals surface area contributed by atoms with Crippen molar-refractivity contribution in [3.8, 4) is 11.8 Å². The summed E-state index contributed by atoms with van der Waals surface area (Å²) < 4.78 is 11.3. The van der Waals surface area contributed by atoms with E-state index in [1.165, 1.54) is 6.92 Å². The Morgan fingerprint density at radius 1 is 1.56 bits per heavy atom. The van der Waals surface area contributed by atoms with Crippen molar-refractivity contribution in [3.05, 3.63) is 28.4 Å². The molecular weight excluding hydrogens is 342 g/mol. The van der Waals surface area contributed by atoms with Crippen LogP contribution in [0.2, 0.25) is 5.02 Å². The van der Waals surface area contributed by atoms with Gasteiger partial charge in [0.2, 0.25) is 5.91 Å². The van der Waals surface area contributed by atoms with Gasteiger partial charge in [0.25, 0.3) is 0 Å². The van der Waals surface area contributed by atoms with Crippen LogP contribution in [0, 0.1) is 11.3 Å². The molecule has 1 aliphatic rings. The average Bonchev–Trinajstić information content (AvgIpc) is 3.08. The van der Waals surface area contributed by atoms with Crippen molar-refractivity contribution >= 4 is 34.1 Å². The fourth-order valence-corrected chi connectivity index (χ4v) is 3.14. The Hall–Kier alpha value is -2.36. The number of hydrogen-bond acceptors (Lipinski definition) is 5. The van der Waals surface area contributed by atoms with Crippen LogP contribution in [-0.4, -0.2) is 30.2 Å². The van der Waals surface area contributed by atoms with Gasteiger partial charge in [-0.3, -0.25) is 9.78 Å². The largest absolute Gasteiger partial charge is 0.486 e. The SMILES string of the molecule is CCc1nc2cc(O[C@@H]3CCOC3)c(NC(C)=O)cc2c(Cl)c1C#N. The molecule has 1 amide bonds. The molecule has 1 aromatic heterocycles. The van der Waals surface area contributed by atoms with Gasteiger partial charge >= 0.3 is 0 Å². The summed E-state index contributed by atoms with van der Waals surface area (Å²) in [4.78, 5) is 16.1. The molecule has 3 rings (SSSR count). The van der Waals surface area contributed by atoms with Crippen LogP contribution in [0.25, 0.3) is 10.9 Å². The molecule has 7 heteroatoms. The summed E-state index contributed by atoms with van der Waals surface area (Å²) in [6, 6.07) is 5.57. The predicted octanol–water partition coefficient (Wildman–Crippen LogP) is 3.45. The van der Waals surface area contributed by atoms with Crippen molar-refractivity contribution in [1.82, 2.24) is 4.98 Å². The fourth-order valence-electron chi connectivity index (χ4n) is 2.84. The zero-order valence-corrected chi connectivity index (χ0v) is 14.8. The molecule has 0 bridgehead atoms. The number of carbonyl (C=O) groups excluding carboxylic acids is 1. The first-order valence-corrected chi connectivity index (χ1v) is 8.49. The number of aromatic nitrogens is 1. The maximum absolute atomic E-state index is 11.6. The highest BCUT2D eigenvalue weighted by atomic mass is 35.5. The van der Waals surface area contributed by atoms with E-state index in [0.717, 1.165) is 6.42 Å². The summed E-state index contributed by atoms with van der Waals surface area (Å²) in [7, 11) is 0. The fraction of sp³-hybridized carbons (Fsp3) is 0.389. The molecule has 0 radical (unpaired) electrons. The van der Waals surface area contributed by atoms with Crippen molar-refractivity contribution < 1.29 is 14.3 Å². The number of nitriles is 1. The number of benzene rings is 1. The molecule has 25 heavy (non-hydrogen) atoms. The number of carbonyl (C=O) groups is 1. The molecule has 0 saturated carbocycles. The third-order valence-electron chi connectivity index (χ3n) is 4.04. The Kier molecular flexibility index (Phi) is 5.07. The maximum atomic E-state index is 11.6. The Morgan fingerprint density at radius 2 is 2.36 bits per heavy atom. The normalized spacial score (nSPS) is 16.6. The minimum Gasteiger partial charge on any atom is -0.486 e. The summed E-state index contributed by atoms with van der Waals surface area (Å²) in [5, 5.41) is 13.1. The molecular formula is C18H18ClN3O3. The van der Waals surface area contributed by atoms with Crippen molar-refractivity contribution in [1.29, 1.82) is 5.26 Å². The first-order valence-electron chi connectivity index (χ1n) is 8.11. The van der Waals surface area contributed by atoms with Crippen LogP contribution in [0.4, 0.5) is 5.69 Å². The third kappa shape index (κ3) is 3.53. The summed E-state index contributed by atoms with van der Waals surface area (Å²) in [5.74, 6) is 0.301.